The standard InChI is InChI=1S/C14H16N2O4/c1-8(15-10-3-5-13(17)16-14(10)18)9-2-4-11-12(6-9)20-7-19-11/h2,4,6,8,10,15H,3,5,7H2,1H3,(H,16,17,18). The van der Waals surface area contributed by atoms with Crippen LogP contribution in [0.1, 0.15) is 31.4 Å². The van der Waals surface area contributed by atoms with Gasteiger partial charge in [0, 0.05) is 12.5 Å². The van der Waals surface area contributed by atoms with Crippen LogP contribution in [0, 0.1) is 0 Å². The summed E-state index contributed by atoms with van der Waals surface area (Å²) in [5.74, 6) is 0.999. The molecule has 2 atom stereocenters. The van der Waals surface area contributed by atoms with Gasteiger partial charge in [-0.15, -0.1) is 0 Å². The minimum atomic E-state index is -0.340. The fraction of sp³-hybridized carbons (Fsp3) is 0.429. The highest BCUT2D eigenvalue weighted by Gasteiger charge is 2.28. The summed E-state index contributed by atoms with van der Waals surface area (Å²) in [4.78, 5) is 22.8. The Morgan fingerprint density at radius 3 is 2.90 bits per heavy atom. The lowest BCUT2D eigenvalue weighted by molar-refractivity contribution is -0.134. The first-order valence-corrected chi connectivity index (χ1v) is 6.63. The third-order valence-electron chi connectivity index (χ3n) is 3.59. The molecule has 0 saturated carbocycles. The minimum Gasteiger partial charge on any atom is -0.454 e. The van der Waals surface area contributed by atoms with E-state index >= 15 is 0 Å². The Morgan fingerprint density at radius 2 is 2.10 bits per heavy atom. The highest BCUT2D eigenvalue weighted by atomic mass is 16.7. The van der Waals surface area contributed by atoms with Crippen molar-refractivity contribution in [1.29, 1.82) is 0 Å². The van der Waals surface area contributed by atoms with Gasteiger partial charge in [0.25, 0.3) is 0 Å². The van der Waals surface area contributed by atoms with E-state index in [0.29, 0.717) is 12.8 Å². The molecule has 0 aliphatic carbocycles. The third kappa shape index (κ3) is 2.46. The minimum absolute atomic E-state index is 0.0200. The van der Waals surface area contributed by atoms with Crippen molar-refractivity contribution >= 4 is 11.8 Å². The zero-order valence-corrected chi connectivity index (χ0v) is 11.1. The number of piperidine rings is 1. The fourth-order valence-electron chi connectivity index (χ4n) is 2.43. The predicted octanol–water partition coefficient (Wildman–Crippen LogP) is 0.871. The topological polar surface area (TPSA) is 76.7 Å². The lowest BCUT2D eigenvalue weighted by Gasteiger charge is -2.25. The highest BCUT2D eigenvalue weighted by molar-refractivity contribution is 6.00. The molecular formula is C14H16N2O4. The van der Waals surface area contributed by atoms with E-state index in [4.69, 9.17) is 9.47 Å². The van der Waals surface area contributed by atoms with Crippen molar-refractivity contribution in [3.63, 3.8) is 0 Å². The number of nitrogens with one attached hydrogen (secondary N) is 2. The average Bonchev–Trinajstić information content (AvgIpc) is 2.89. The second-order valence-corrected chi connectivity index (χ2v) is 5.00. The Hall–Kier alpha value is -2.08. The van der Waals surface area contributed by atoms with Gasteiger partial charge in [0.1, 0.15) is 0 Å². The molecule has 6 nitrogen and oxygen atoms in total. The van der Waals surface area contributed by atoms with Gasteiger partial charge in [-0.3, -0.25) is 20.2 Å². The maximum absolute atomic E-state index is 11.7. The van der Waals surface area contributed by atoms with E-state index in [0.717, 1.165) is 17.1 Å². The second-order valence-electron chi connectivity index (χ2n) is 5.00. The van der Waals surface area contributed by atoms with Gasteiger partial charge >= 0.3 is 0 Å². The van der Waals surface area contributed by atoms with Crippen LogP contribution in [0.3, 0.4) is 0 Å². The number of hydrogen-bond donors (Lipinski definition) is 2. The van der Waals surface area contributed by atoms with Crippen molar-refractivity contribution in [2.24, 2.45) is 0 Å². The molecule has 106 valence electrons. The van der Waals surface area contributed by atoms with Crippen molar-refractivity contribution in [3.05, 3.63) is 23.8 Å². The number of amides is 2. The largest absolute Gasteiger partial charge is 0.454 e. The lowest BCUT2D eigenvalue weighted by Crippen LogP contribution is -2.51. The van der Waals surface area contributed by atoms with E-state index in [9.17, 15) is 9.59 Å². The number of imide groups is 1. The summed E-state index contributed by atoms with van der Waals surface area (Å²) in [5.41, 5.74) is 1.01. The van der Waals surface area contributed by atoms with Crippen LogP contribution in [0.5, 0.6) is 11.5 Å². The van der Waals surface area contributed by atoms with E-state index in [1.807, 2.05) is 25.1 Å². The molecule has 20 heavy (non-hydrogen) atoms. The molecule has 2 aliphatic rings. The van der Waals surface area contributed by atoms with E-state index < -0.39 is 0 Å². The monoisotopic (exact) mass is 276 g/mol. The van der Waals surface area contributed by atoms with Gasteiger partial charge < -0.3 is 9.47 Å². The van der Waals surface area contributed by atoms with Crippen molar-refractivity contribution in [2.75, 3.05) is 6.79 Å². The number of rotatable bonds is 3. The quantitative estimate of drug-likeness (QED) is 0.801. The summed E-state index contributed by atoms with van der Waals surface area (Å²) in [6.07, 6.45) is 0.900. The predicted molar refractivity (Wildman–Crippen MR) is 70.3 cm³/mol. The molecule has 0 aromatic heterocycles. The molecular weight excluding hydrogens is 260 g/mol. The molecule has 2 unspecified atom stereocenters. The van der Waals surface area contributed by atoms with Gasteiger partial charge in [0.15, 0.2) is 11.5 Å². The molecule has 2 amide bonds. The fourth-order valence-corrected chi connectivity index (χ4v) is 2.43. The van der Waals surface area contributed by atoms with Crippen LogP contribution in [0.25, 0.3) is 0 Å². The highest BCUT2D eigenvalue weighted by Crippen LogP contribution is 2.34. The van der Waals surface area contributed by atoms with Gasteiger partial charge in [-0.05, 0) is 31.0 Å². The van der Waals surface area contributed by atoms with Crippen LogP contribution < -0.4 is 20.1 Å². The van der Waals surface area contributed by atoms with Crippen LogP contribution >= 0.6 is 0 Å². The Morgan fingerprint density at radius 1 is 1.30 bits per heavy atom. The summed E-state index contributed by atoms with van der Waals surface area (Å²) in [6.45, 7) is 2.22. The van der Waals surface area contributed by atoms with Crippen LogP contribution in [0.15, 0.2) is 18.2 Å². The summed E-state index contributed by atoms with van der Waals surface area (Å²) < 4.78 is 10.6. The molecule has 1 aromatic rings. The molecule has 2 heterocycles. The maximum Gasteiger partial charge on any atom is 0.243 e. The molecule has 0 spiro atoms. The van der Waals surface area contributed by atoms with E-state index in [-0.39, 0.29) is 30.7 Å². The lowest BCUT2D eigenvalue weighted by atomic mass is 10.0. The Labute approximate surface area is 116 Å². The normalized spacial score (nSPS) is 22.6. The molecule has 6 heteroatoms. The van der Waals surface area contributed by atoms with Gasteiger partial charge in [-0.1, -0.05) is 6.07 Å². The summed E-state index contributed by atoms with van der Waals surface area (Å²) >= 11 is 0. The first kappa shape index (κ1) is 12.9. The van der Waals surface area contributed by atoms with Crippen LogP contribution in [0.4, 0.5) is 0 Å². The van der Waals surface area contributed by atoms with E-state index in [1.165, 1.54) is 0 Å². The maximum atomic E-state index is 11.7. The van der Waals surface area contributed by atoms with Gasteiger partial charge in [-0.2, -0.15) is 0 Å². The van der Waals surface area contributed by atoms with E-state index in [2.05, 4.69) is 10.6 Å². The number of ether oxygens (including phenoxy) is 2. The van der Waals surface area contributed by atoms with Crippen molar-refractivity contribution in [1.82, 2.24) is 10.6 Å². The van der Waals surface area contributed by atoms with Crippen LogP contribution in [-0.2, 0) is 9.59 Å². The number of carbonyl (C=O) groups excluding carboxylic acids is 2. The third-order valence-corrected chi connectivity index (χ3v) is 3.59. The first-order valence-electron chi connectivity index (χ1n) is 6.63. The van der Waals surface area contributed by atoms with Crippen molar-refractivity contribution in [3.8, 4) is 11.5 Å². The summed E-state index contributed by atoms with van der Waals surface area (Å²) in [6, 6.07) is 5.35. The van der Waals surface area contributed by atoms with E-state index in [1.54, 1.807) is 0 Å². The Balaban J connectivity index is 1.68. The molecule has 3 rings (SSSR count). The van der Waals surface area contributed by atoms with Crippen LogP contribution in [0.2, 0.25) is 0 Å². The number of fused-ring (bicyclic) bond motifs is 1. The Bertz CT molecular complexity index is 558. The first-order chi connectivity index (χ1) is 9.63. The molecule has 2 N–H and O–H groups in total. The number of benzene rings is 1. The van der Waals surface area contributed by atoms with Crippen LogP contribution in [-0.4, -0.2) is 24.6 Å². The number of carbonyl (C=O) groups is 2. The molecule has 0 radical (unpaired) electrons. The number of hydrogen-bond acceptors (Lipinski definition) is 5. The van der Waals surface area contributed by atoms with Crippen molar-refractivity contribution < 1.29 is 19.1 Å². The van der Waals surface area contributed by atoms with Gasteiger partial charge in [0.05, 0.1) is 6.04 Å². The smallest absolute Gasteiger partial charge is 0.243 e. The zero-order valence-electron chi connectivity index (χ0n) is 11.1. The zero-order chi connectivity index (χ0) is 14.1. The SMILES string of the molecule is CC(NC1CCC(=O)NC1=O)c1ccc2c(c1)OCO2. The molecule has 1 aromatic carbocycles. The average molecular weight is 276 g/mol. The molecule has 0 bridgehead atoms. The van der Waals surface area contributed by atoms with Gasteiger partial charge in [-0.25, -0.2) is 0 Å². The van der Waals surface area contributed by atoms with Gasteiger partial charge in [0.2, 0.25) is 18.6 Å². The molecule has 2 aliphatic heterocycles. The molecule has 1 fully saturated rings. The summed E-state index contributed by atoms with van der Waals surface area (Å²) in [7, 11) is 0. The second kappa shape index (κ2) is 5.13. The summed E-state index contributed by atoms with van der Waals surface area (Å²) in [5, 5.41) is 5.58. The van der Waals surface area contributed by atoms with Crippen molar-refractivity contribution in [2.45, 2.75) is 31.8 Å². The Kier molecular flexibility index (Phi) is 3.31. The molecule has 1 saturated heterocycles.